The van der Waals surface area contributed by atoms with Crippen LogP contribution in [0, 0.1) is 10.1 Å². The molecule has 6 heteroatoms. The lowest BCUT2D eigenvalue weighted by Crippen LogP contribution is -2.20. The summed E-state index contributed by atoms with van der Waals surface area (Å²) in [7, 11) is 1.59. The highest BCUT2D eigenvalue weighted by atomic mass is 16.6. The molecule has 0 saturated carbocycles. The molecule has 1 aromatic rings. The Morgan fingerprint density at radius 1 is 1.56 bits per heavy atom. The van der Waals surface area contributed by atoms with Gasteiger partial charge in [-0.3, -0.25) is 10.1 Å². The van der Waals surface area contributed by atoms with Crippen molar-refractivity contribution in [2.45, 2.75) is 6.54 Å². The van der Waals surface area contributed by atoms with Crippen molar-refractivity contribution in [1.82, 2.24) is 5.32 Å². The Bertz CT molecular complexity index is 387. The van der Waals surface area contributed by atoms with Crippen LogP contribution in [0.1, 0.15) is 5.56 Å². The standard InChI is InChI=1S/C10H13N3O3/c1-16-9-4-2-8(3-5-9)6-12-10(11)7-13(14)15/h2-5,7,12H,6,11H2,1H3. The molecule has 0 fully saturated rings. The van der Waals surface area contributed by atoms with Crippen LogP contribution in [-0.4, -0.2) is 12.0 Å². The van der Waals surface area contributed by atoms with Crippen molar-refractivity contribution in [3.8, 4) is 5.75 Å². The third kappa shape index (κ3) is 3.87. The lowest BCUT2D eigenvalue weighted by atomic mass is 10.2. The van der Waals surface area contributed by atoms with E-state index >= 15 is 0 Å². The lowest BCUT2D eigenvalue weighted by Gasteiger charge is -2.05. The molecular formula is C10H13N3O3. The van der Waals surface area contributed by atoms with E-state index in [4.69, 9.17) is 10.5 Å². The molecule has 6 nitrogen and oxygen atoms in total. The molecule has 0 saturated heterocycles. The maximum atomic E-state index is 10.1. The van der Waals surface area contributed by atoms with Crippen LogP contribution in [0.3, 0.4) is 0 Å². The zero-order valence-corrected chi connectivity index (χ0v) is 8.84. The van der Waals surface area contributed by atoms with E-state index < -0.39 is 4.92 Å². The van der Waals surface area contributed by atoms with Gasteiger partial charge in [-0.05, 0) is 17.7 Å². The third-order valence-electron chi connectivity index (χ3n) is 1.90. The van der Waals surface area contributed by atoms with Crippen molar-refractivity contribution in [2.75, 3.05) is 7.11 Å². The summed E-state index contributed by atoms with van der Waals surface area (Å²) in [6.45, 7) is 0.431. The van der Waals surface area contributed by atoms with Gasteiger partial charge in [0.25, 0.3) is 6.20 Å². The molecule has 0 amide bonds. The number of hydrogen-bond donors (Lipinski definition) is 2. The van der Waals surface area contributed by atoms with E-state index in [-0.39, 0.29) is 5.82 Å². The van der Waals surface area contributed by atoms with Gasteiger partial charge in [-0.1, -0.05) is 12.1 Å². The Labute approximate surface area is 92.9 Å². The molecule has 0 bridgehead atoms. The van der Waals surface area contributed by atoms with E-state index in [2.05, 4.69) is 5.32 Å². The molecule has 0 radical (unpaired) electrons. The molecule has 0 aliphatic rings. The van der Waals surface area contributed by atoms with Crippen molar-refractivity contribution in [3.63, 3.8) is 0 Å². The highest BCUT2D eigenvalue weighted by Crippen LogP contribution is 2.10. The van der Waals surface area contributed by atoms with Gasteiger partial charge in [-0.15, -0.1) is 0 Å². The second-order valence-corrected chi connectivity index (χ2v) is 3.07. The molecule has 0 atom stereocenters. The first-order chi connectivity index (χ1) is 7.61. The molecule has 1 rings (SSSR count). The van der Waals surface area contributed by atoms with Gasteiger partial charge in [0.1, 0.15) is 5.75 Å². The van der Waals surface area contributed by atoms with Gasteiger partial charge in [0, 0.05) is 6.54 Å². The summed E-state index contributed by atoms with van der Waals surface area (Å²) in [5.41, 5.74) is 6.32. The molecule has 0 aliphatic heterocycles. The van der Waals surface area contributed by atoms with Crippen LogP contribution in [-0.2, 0) is 6.54 Å². The van der Waals surface area contributed by atoms with Gasteiger partial charge in [0.05, 0.1) is 12.0 Å². The van der Waals surface area contributed by atoms with Crippen molar-refractivity contribution >= 4 is 0 Å². The van der Waals surface area contributed by atoms with E-state index in [1.54, 1.807) is 7.11 Å². The number of rotatable bonds is 5. The van der Waals surface area contributed by atoms with Crippen LogP contribution < -0.4 is 15.8 Å². The topological polar surface area (TPSA) is 90.4 Å². The molecule has 0 heterocycles. The Hall–Kier alpha value is -2.24. The summed E-state index contributed by atoms with van der Waals surface area (Å²) in [5.74, 6) is 0.790. The van der Waals surface area contributed by atoms with Crippen LogP contribution in [0.25, 0.3) is 0 Å². The second kappa shape index (κ2) is 5.59. The van der Waals surface area contributed by atoms with Crippen LogP contribution in [0.4, 0.5) is 0 Å². The third-order valence-corrected chi connectivity index (χ3v) is 1.90. The number of benzene rings is 1. The molecule has 1 aromatic carbocycles. The summed E-state index contributed by atoms with van der Waals surface area (Å²) in [6, 6.07) is 7.32. The number of nitrogens with one attached hydrogen (secondary N) is 1. The molecule has 0 spiro atoms. The lowest BCUT2D eigenvalue weighted by molar-refractivity contribution is -0.403. The first-order valence-electron chi connectivity index (χ1n) is 4.59. The Balaban J connectivity index is 2.51. The predicted molar refractivity (Wildman–Crippen MR) is 59.1 cm³/mol. The Morgan fingerprint density at radius 2 is 2.19 bits per heavy atom. The number of nitro groups is 1. The van der Waals surface area contributed by atoms with Crippen LogP contribution in [0.5, 0.6) is 5.75 Å². The molecule has 0 aliphatic carbocycles. The Kier molecular flexibility index (Phi) is 4.14. The second-order valence-electron chi connectivity index (χ2n) is 3.07. The minimum Gasteiger partial charge on any atom is -0.497 e. The van der Waals surface area contributed by atoms with E-state index in [9.17, 15) is 10.1 Å². The van der Waals surface area contributed by atoms with E-state index in [1.807, 2.05) is 24.3 Å². The normalized spacial score (nSPS) is 10.9. The smallest absolute Gasteiger partial charge is 0.273 e. The van der Waals surface area contributed by atoms with Gasteiger partial charge in [-0.2, -0.15) is 0 Å². The largest absolute Gasteiger partial charge is 0.497 e. The van der Waals surface area contributed by atoms with Crippen LogP contribution in [0.2, 0.25) is 0 Å². The molecule has 86 valence electrons. The summed E-state index contributed by atoms with van der Waals surface area (Å²) in [4.78, 5) is 9.50. The highest BCUT2D eigenvalue weighted by Gasteiger charge is 1.98. The monoisotopic (exact) mass is 223 g/mol. The maximum Gasteiger partial charge on any atom is 0.273 e. The summed E-state index contributed by atoms with van der Waals surface area (Å²) in [6.07, 6.45) is 0.726. The van der Waals surface area contributed by atoms with Crippen molar-refractivity contribution in [3.05, 3.63) is 52.0 Å². The van der Waals surface area contributed by atoms with Crippen LogP contribution >= 0.6 is 0 Å². The fourth-order valence-corrected chi connectivity index (χ4v) is 1.11. The van der Waals surface area contributed by atoms with Gasteiger partial charge in [0.2, 0.25) is 0 Å². The number of ether oxygens (including phenoxy) is 1. The average Bonchev–Trinajstić information content (AvgIpc) is 2.26. The number of nitrogens with two attached hydrogens (primary N) is 1. The molecule has 16 heavy (non-hydrogen) atoms. The minimum absolute atomic E-state index is 0.0285. The molecule has 0 unspecified atom stereocenters. The van der Waals surface area contributed by atoms with Crippen molar-refractivity contribution in [2.24, 2.45) is 5.73 Å². The molecule has 3 N–H and O–H groups in total. The van der Waals surface area contributed by atoms with Gasteiger partial charge < -0.3 is 15.8 Å². The summed E-state index contributed by atoms with van der Waals surface area (Å²) >= 11 is 0. The predicted octanol–water partition coefficient (Wildman–Crippen LogP) is 0.819. The fraction of sp³-hybridized carbons (Fsp3) is 0.200. The van der Waals surface area contributed by atoms with Gasteiger partial charge >= 0.3 is 0 Å². The van der Waals surface area contributed by atoms with E-state index in [0.717, 1.165) is 17.5 Å². The highest BCUT2D eigenvalue weighted by molar-refractivity contribution is 5.27. The summed E-state index contributed by atoms with van der Waals surface area (Å²) < 4.78 is 5.00. The van der Waals surface area contributed by atoms with Crippen molar-refractivity contribution in [1.29, 1.82) is 0 Å². The Morgan fingerprint density at radius 3 is 2.69 bits per heavy atom. The number of hydrogen-bond acceptors (Lipinski definition) is 5. The van der Waals surface area contributed by atoms with E-state index in [1.165, 1.54) is 0 Å². The summed E-state index contributed by atoms with van der Waals surface area (Å²) in [5, 5.41) is 12.8. The SMILES string of the molecule is COc1ccc(CNC(N)=C[N+](=O)[O-])cc1. The number of methoxy groups -OCH3 is 1. The van der Waals surface area contributed by atoms with E-state index in [0.29, 0.717) is 6.54 Å². The van der Waals surface area contributed by atoms with Gasteiger partial charge in [0.15, 0.2) is 5.82 Å². The quantitative estimate of drug-likeness (QED) is 0.569. The zero-order chi connectivity index (χ0) is 12.0. The van der Waals surface area contributed by atoms with Crippen molar-refractivity contribution < 1.29 is 9.66 Å². The van der Waals surface area contributed by atoms with Gasteiger partial charge in [-0.25, -0.2) is 0 Å². The molecular weight excluding hydrogens is 210 g/mol. The average molecular weight is 223 g/mol. The zero-order valence-electron chi connectivity index (χ0n) is 8.84. The molecule has 0 aromatic heterocycles. The number of nitrogens with zero attached hydrogens (tertiary/aromatic N) is 1. The minimum atomic E-state index is -0.601. The fourth-order valence-electron chi connectivity index (χ4n) is 1.11. The first-order valence-corrected chi connectivity index (χ1v) is 4.59. The maximum absolute atomic E-state index is 10.1. The van der Waals surface area contributed by atoms with Crippen LogP contribution in [0.15, 0.2) is 36.3 Å². The first kappa shape index (κ1) is 11.8.